The maximum absolute atomic E-state index is 10.1. The lowest BCUT2D eigenvalue weighted by Crippen LogP contribution is -2.05. The number of rotatable bonds is 0. The molecule has 16 heavy (non-hydrogen) atoms. The number of aromatic nitrogens is 4. The van der Waals surface area contributed by atoms with Gasteiger partial charge in [-0.3, -0.25) is 0 Å². The number of nitrogens with one attached hydrogen (secondary N) is 2. The fraction of sp³-hybridized carbons (Fsp3) is 0. The molecule has 0 aromatic carbocycles. The van der Waals surface area contributed by atoms with E-state index in [0.29, 0.717) is 0 Å². The van der Waals surface area contributed by atoms with Gasteiger partial charge in [-0.15, -0.1) is 12.8 Å². The SMILES string of the molecule is C#C.O=c1nccc[nH]1.O=c1nccc[nH]1. The summed E-state index contributed by atoms with van der Waals surface area (Å²) in [7, 11) is 0. The van der Waals surface area contributed by atoms with Crippen LogP contribution in [0.4, 0.5) is 0 Å². The summed E-state index contributed by atoms with van der Waals surface area (Å²) in [5, 5.41) is 0. The van der Waals surface area contributed by atoms with Crippen molar-refractivity contribution in [1.29, 1.82) is 0 Å². The van der Waals surface area contributed by atoms with Crippen LogP contribution in [0.2, 0.25) is 0 Å². The summed E-state index contributed by atoms with van der Waals surface area (Å²) in [5.74, 6) is 0. The van der Waals surface area contributed by atoms with Gasteiger partial charge in [-0.2, -0.15) is 0 Å². The van der Waals surface area contributed by atoms with E-state index in [1.54, 1.807) is 12.1 Å². The second kappa shape index (κ2) is 8.90. The van der Waals surface area contributed by atoms with E-state index >= 15 is 0 Å². The van der Waals surface area contributed by atoms with Crippen LogP contribution in [0.15, 0.2) is 46.5 Å². The Morgan fingerprint density at radius 2 is 1.25 bits per heavy atom. The Bertz CT molecular complexity index is 435. The Labute approximate surface area is 91.4 Å². The molecule has 2 aromatic rings. The smallest absolute Gasteiger partial charge is 0.313 e. The monoisotopic (exact) mass is 218 g/mol. The van der Waals surface area contributed by atoms with Gasteiger partial charge in [0.05, 0.1) is 0 Å². The van der Waals surface area contributed by atoms with E-state index < -0.39 is 0 Å². The molecule has 2 aromatic heterocycles. The Hall–Kier alpha value is -2.68. The van der Waals surface area contributed by atoms with Crippen molar-refractivity contribution in [1.82, 2.24) is 19.9 Å². The van der Waals surface area contributed by atoms with Gasteiger partial charge >= 0.3 is 11.4 Å². The van der Waals surface area contributed by atoms with Crippen LogP contribution in [0.3, 0.4) is 0 Å². The Kier molecular flexibility index (Phi) is 7.41. The Balaban J connectivity index is 0.000000244. The first-order chi connectivity index (χ1) is 7.79. The van der Waals surface area contributed by atoms with Gasteiger partial charge in [0.15, 0.2) is 0 Å². The summed E-state index contributed by atoms with van der Waals surface area (Å²) in [6.07, 6.45) is 14.0. The van der Waals surface area contributed by atoms with E-state index in [9.17, 15) is 9.59 Å². The van der Waals surface area contributed by atoms with Gasteiger partial charge in [0, 0.05) is 24.8 Å². The summed E-state index contributed by atoms with van der Waals surface area (Å²) < 4.78 is 0. The lowest BCUT2D eigenvalue weighted by Gasteiger charge is -1.72. The van der Waals surface area contributed by atoms with Crippen molar-refractivity contribution < 1.29 is 0 Å². The largest absolute Gasteiger partial charge is 0.344 e. The fourth-order valence-electron chi connectivity index (χ4n) is 0.621. The molecule has 0 spiro atoms. The zero-order valence-electron chi connectivity index (χ0n) is 8.33. The minimum Gasteiger partial charge on any atom is -0.313 e. The maximum atomic E-state index is 10.1. The highest BCUT2D eigenvalue weighted by Gasteiger charge is 1.71. The highest BCUT2D eigenvalue weighted by molar-refractivity contribution is 4.75. The van der Waals surface area contributed by atoms with E-state index in [2.05, 4.69) is 32.8 Å². The molecule has 0 saturated carbocycles. The van der Waals surface area contributed by atoms with Crippen molar-refractivity contribution in [3.05, 3.63) is 57.9 Å². The Morgan fingerprint density at radius 1 is 0.875 bits per heavy atom. The van der Waals surface area contributed by atoms with Crippen molar-refractivity contribution >= 4 is 0 Å². The third-order valence-corrected chi connectivity index (χ3v) is 1.16. The highest BCUT2D eigenvalue weighted by Crippen LogP contribution is 1.61. The summed E-state index contributed by atoms with van der Waals surface area (Å²) in [6, 6.07) is 3.31. The number of hydrogen-bond acceptors (Lipinski definition) is 4. The predicted molar refractivity (Wildman–Crippen MR) is 59.6 cm³/mol. The minimum absolute atomic E-state index is 0.303. The first kappa shape index (κ1) is 13.3. The van der Waals surface area contributed by atoms with E-state index in [1.807, 2.05) is 0 Å². The molecule has 0 atom stereocenters. The quantitative estimate of drug-likeness (QED) is 0.598. The van der Waals surface area contributed by atoms with Crippen LogP contribution in [-0.4, -0.2) is 19.9 Å². The summed E-state index contributed by atoms with van der Waals surface area (Å²) in [4.78, 5) is 31.7. The van der Waals surface area contributed by atoms with Crippen molar-refractivity contribution in [3.8, 4) is 12.8 Å². The minimum atomic E-state index is -0.303. The lowest BCUT2D eigenvalue weighted by molar-refractivity contribution is 1.08. The maximum Gasteiger partial charge on any atom is 0.344 e. The molecule has 0 fully saturated rings. The van der Waals surface area contributed by atoms with E-state index in [4.69, 9.17) is 0 Å². The zero-order chi connectivity index (χ0) is 12.2. The van der Waals surface area contributed by atoms with Crippen molar-refractivity contribution in [2.24, 2.45) is 0 Å². The van der Waals surface area contributed by atoms with Gasteiger partial charge in [-0.05, 0) is 12.1 Å². The van der Waals surface area contributed by atoms with Crippen LogP contribution < -0.4 is 11.4 Å². The molecular weight excluding hydrogens is 208 g/mol. The van der Waals surface area contributed by atoms with E-state index in [0.717, 1.165) is 0 Å². The van der Waals surface area contributed by atoms with E-state index in [-0.39, 0.29) is 11.4 Å². The third kappa shape index (κ3) is 6.80. The second-order valence-corrected chi connectivity index (χ2v) is 2.17. The van der Waals surface area contributed by atoms with Crippen LogP contribution in [0, 0.1) is 12.8 Å². The molecule has 0 unspecified atom stereocenters. The molecule has 82 valence electrons. The molecule has 2 rings (SSSR count). The summed E-state index contributed by atoms with van der Waals surface area (Å²) in [6.45, 7) is 0. The predicted octanol–water partition coefficient (Wildman–Crippen LogP) is -0.211. The van der Waals surface area contributed by atoms with Crippen molar-refractivity contribution in [2.75, 3.05) is 0 Å². The molecule has 0 bridgehead atoms. The molecule has 6 nitrogen and oxygen atoms in total. The van der Waals surface area contributed by atoms with Gasteiger partial charge in [-0.25, -0.2) is 19.6 Å². The van der Waals surface area contributed by atoms with Crippen LogP contribution in [-0.2, 0) is 0 Å². The highest BCUT2D eigenvalue weighted by atomic mass is 16.1. The molecule has 0 saturated heterocycles. The first-order valence-corrected chi connectivity index (χ1v) is 4.12. The average Bonchev–Trinajstić information content (AvgIpc) is 2.34. The molecule has 2 N–H and O–H groups in total. The summed E-state index contributed by atoms with van der Waals surface area (Å²) >= 11 is 0. The molecule has 6 heteroatoms. The number of H-pyrrole nitrogens is 2. The first-order valence-electron chi connectivity index (χ1n) is 4.12. The lowest BCUT2D eigenvalue weighted by atomic mass is 10.7. The number of aromatic amines is 2. The number of terminal acetylenes is 1. The van der Waals surface area contributed by atoms with Crippen molar-refractivity contribution in [2.45, 2.75) is 0 Å². The molecule has 0 amide bonds. The van der Waals surface area contributed by atoms with Crippen LogP contribution in [0.25, 0.3) is 0 Å². The molecule has 0 aliphatic carbocycles. The van der Waals surface area contributed by atoms with Gasteiger partial charge in [-0.1, -0.05) is 0 Å². The normalized spacial score (nSPS) is 7.62. The van der Waals surface area contributed by atoms with Crippen LogP contribution >= 0.6 is 0 Å². The Morgan fingerprint density at radius 3 is 1.38 bits per heavy atom. The number of nitrogens with zero attached hydrogens (tertiary/aromatic N) is 2. The van der Waals surface area contributed by atoms with Crippen molar-refractivity contribution in [3.63, 3.8) is 0 Å². The molecule has 2 heterocycles. The molecule has 0 radical (unpaired) electrons. The topological polar surface area (TPSA) is 91.5 Å². The second-order valence-electron chi connectivity index (χ2n) is 2.17. The standard InChI is InChI=1S/2C4H4N2O.C2H2/c2*7-4-5-2-1-3-6-4;1-2/h2*1-3H,(H,5,6,7);1-2H. The van der Waals surface area contributed by atoms with Gasteiger partial charge < -0.3 is 9.97 Å². The van der Waals surface area contributed by atoms with Gasteiger partial charge in [0.1, 0.15) is 0 Å². The zero-order valence-corrected chi connectivity index (χ0v) is 8.33. The average molecular weight is 218 g/mol. The van der Waals surface area contributed by atoms with E-state index in [1.165, 1.54) is 24.8 Å². The van der Waals surface area contributed by atoms with Gasteiger partial charge in [0.2, 0.25) is 0 Å². The summed E-state index contributed by atoms with van der Waals surface area (Å²) in [5.41, 5.74) is -0.606. The number of hydrogen-bond donors (Lipinski definition) is 2. The molecule has 0 aliphatic heterocycles. The third-order valence-electron chi connectivity index (χ3n) is 1.16. The van der Waals surface area contributed by atoms with Crippen LogP contribution in [0.1, 0.15) is 0 Å². The molecular formula is C10H10N4O2. The van der Waals surface area contributed by atoms with Gasteiger partial charge in [0.25, 0.3) is 0 Å². The fourth-order valence-corrected chi connectivity index (χ4v) is 0.621. The molecule has 0 aliphatic rings. The van der Waals surface area contributed by atoms with Crippen LogP contribution in [0.5, 0.6) is 0 Å².